The van der Waals surface area contributed by atoms with Gasteiger partial charge in [0.25, 0.3) is 5.91 Å². The highest BCUT2D eigenvalue weighted by Gasteiger charge is 2.32. The number of fused-ring (bicyclic) bond motifs is 1. The monoisotopic (exact) mass is 410 g/mol. The smallest absolute Gasteiger partial charge is 0.258 e. The van der Waals surface area contributed by atoms with Crippen molar-refractivity contribution < 1.29 is 14.3 Å². The number of hydrogen-bond acceptors (Lipinski definition) is 6. The van der Waals surface area contributed by atoms with Crippen LogP contribution in [0.5, 0.6) is 0 Å². The van der Waals surface area contributed by atoms with Crippen LogP contribution in [0.4, 0.5) is 0 Å². The lowest BCUT2D eigenvalue weighted by Gasteiger charge is -2.27. The molecule has 0 spiro atoms. The molecule has 1 aromatic heterocycles. The van der Waals surface area contributed by atoms with Crippen LogP contribution in [0, 0.1) is 5.92 Å². The number of amides is 2. The molecule has 29 heavy (non-hydrogen) atoms. The van der Waals surface area contributed by atoms with Gasteiger partial charge in [0.05, 0.1) is 26.3 Å². The maximum atomic E-state index is 13.0. The fourth-order valence-corrected chi connectivity index (χ4v) is 4.04. The highest BCUT2D eigenvalue weighted by molar-refractivity contribution is 7.09. The summed E-state index contributed by atoms with van der Waals surface area (Å²) in [6.07, 6.45) is 3.39. The number of thiazole rings is 1. The van der Waals surface area contributed by atoms with E-state index in [0.29, 0.717) is 44.9 Å². The van der Waals surface area contributed by atoms with Gasteiger partial charge in [0.1, 0.15) is 10.9 Å². The third-order valence-electron chi connectivity index (χ3n) is 4.96. The molecular weight excluding hydrogens is 388 g/mol. The van der Waals surface area contributed by atoms with Gasteiger partial charge in [-0.15, -0.1) is 11.3 Å². The molecular formula is C21H22N4O3S. The molecule has 150 valence electrons. The van der Waals surface area contributed by atoms with Crippen LogP contribution in [-0.4, -0.2) is 53.0 Å². The van der Waals surface area contributed by atoms with Crippen LogP contribution in [-0.2, 0) is 27.3 Å². The zero-order chi connectivity index (χ0) is 20.1. The maximum Gasteiger partial charge on any atom is 0.258 e. The molecule has 0 N–H and O–H groups in total. The van der Waals surface area contributed by atoms with Crippen LogP contribution in [0.25, 0.3) is 0 Å². The van der Waals surface area contributed by atoms with Crippen molar-refractivity contribution in [3.63, 3.8) is 0 Å². The van der Waals surface area contributed by atoms with Gasteiger partial charge in [0, 0.05) is 30.1 Å². The summed E-state index contributed by atoms with van der Waals surface area (Å²) in [5.41, 5.74) is 1.93. The van der Waals surface area contributed by atoms with Gasteiger partial charge in [-0.2, -0.15) is 4.99 Å². The molecule has 1 aromatic carbocycles. The van der Waals surface area contributed by atoms with Gasteiger partial charge in [0.15, 0.2) is 5.84 Å². The van der Waals surface area contributed by atoms with E-state index in [1.54, 1.807) is 11.1 Å². The molecule has 1 unspecified atom stereocenters. The van der Waals surface area contributed by atoms with Crippen LogP contribution in [0.3, 0.4) is 0 Å². The molecule has 2 amide bonds. The number of carbonyl (C=O) groups excluding carboxylic acids is 2. The largest absolute Gasteiger partial charge is 0.380 e. The SMILES string of the molecule is O=C1N=C(CN(Cc2nccs2)C(=O)CCc2ccccc2)N=C2CCOCC12. The Morgan fingerprint density at radius 2 is 2.07 bits per heavy atom. The maximum absolute atomic E-state index is 13.0. The molecule has 1 atom stereocenters. The first-order valence-electron chi connectivity index (χ1n) is 9.66. The van der Waals surface area contributed by atoms with Crippen LogP contribution < -0.4 is 0 Å². The quantitative estimate of drug-likeness (QED) is 0.702. The topological polar surface area (TPSA) is 84.2 Å². The molecule has 3 heterocycles. The lowest BCUT2D eigenvalue weighted by atomic mass is 9.97. The third-order valence-corrected chi connectivity index (χ3v) is 5.73. The van der Waals surface area contributed by atoms with Crippen LogP contribution >= 0.6 is 11.3 Å². The lowest BCUT2D eigenvalue weighted by Crippen LogP contribution is -2.40. The third kappa shape index (κ3) is 5.02. The Morgan fingerprint density at radius 3 is 2.86 bits per heavy atom. The molecule has 8 heteroatoms. The van der Waals surface area contributed by atoms with Crippen LogP contribution in [0.1, 0.15) is 23.4 Å². The fraction of sp³-hybridized carbons (Fsp3) is 0.381. The molecule has 7 nitrogen and oxygen atoms in total. The van der Waals surface area contributed by atoms with Crippen LogP contribution in [0.2, 0.25) is 0 Å². The van der Waals surface area contributed by atoms with Gasteiger partial charge in [-0.05, 0) is 12.0 Å². The van der Waals surface area contributed by atoms with E-state index in [-0.39, 0.29) is 24.3 Å². The minimum atomic E-state index is -0.367. The second-order valence-corrected chi connectivity index (χ2v) is 7.99. The van der Waals surface area contributed by atoms with Gasteiger partial charge in [-0.1, -0.05) is 30.3 Å². The van der Waals surface area contributed by atoms with Gasteiger partial charge in [0.2, 0.25) is 5.91 Å². The Morgan fingerprint density at radius 1 is 1.21 bits per heavy atom. The first-order valence-corrected chi connectivity index (χ1v) is 10.5. The molecule has 0 aliphatic carbocycles. The minimum absolute atomic E-state index is 0.00602. The Labute approximate surface area is 173 Å². The van der Waals surface area contributed by atoms with Crippen molar-refractivity contribution in [1.29, 1.82) is 0 Å². The zero-order valence-corrected chi connectivity index (χ0v) is 16.8. The van der Waals surface area contributed by atoms with Crippen molar-refractivity contribution >= 4 is 34.7 Å². The molecule has 2 aromatic rings. The van der Waals surface area contributed by atoms with Gasteiger partial charge in [-0.3, -0.25) is 9.59 Å². The molecule has 4 rings (SSSR count). The highest BCUT2D eigenvalue weighted by Crippen LogP contribution is 2.19. The molecule has 2 aliphatic heterocycles. The lowest BCUT2D eigenvalue weighted by molar-refractivity contribution is -0.131. The highest BCUT2D eigenvalue weighted by atomic mass is 32.1. The van der Waals surface area contributed by atoms with E-state index < -0.39 is 0 Å². The summed E-state index contributed by atoms with van der Waals surface area (Å²) in [6, 6.07) is 9.92. The van der Waals surface area contributed by atoms with E-state index in [9.17, 15) is 9.59 Å². The number of aromatic nitrogens is 1. The Balaban J connectivity index is 1.47. The second-order valence-electron chi connectivity index (χ2n) is 7.01. The first-order chi connectivity index (χ1) is 14.2. The second kappa shape index (κ2) is 9.19. The number of hydrogen-bond donors (Lipinski definition) is 0. The number of aliphatic imine (C=N–C) groups is 2. The standard InChI is InChI=1S/C21H22N4O3S/c26-20(7-6-15-4-2-1-3-5-15)25(13-19-22-9-11-29-19)12-18-23-17-8-10-28-14-16(17)21(27)24-18/h1-5,9,11,16H,6-8,10,12-14H2. The van der Waals surface area contributed by atoms with Crippen molar-refractivity contribution in [2.45, 2.75) is 25.8 Å². The van der Waals surface area contributed by atoms with Crippen LogP contribution in [0.15, 0.2) is 51.9 Å². The van der Waals surface area contributed by atoms with E-state index in [0.717, 1.165) is 16.3 Å². The summed E-state index contributed by atoms with van der Waals surface area (Å²) < 4.78 is 5.37. The van der Waals surface area contributed by atoms with Gasteiger partial charge < -0.3 is 9.64 Å². The number of carbonyl (C=O) groups is 2. The molecule has 0 saturated carbocycles. The Kier molecular flexibility index (Phi) is 6.21. The Hall–Kier alpha value is -2.71. The average molecular weight is 410 g/mol. The minimum Gasteiger partial charge on any atom is -0.380 e. The van der Waals surface area contributed by atoms with Gasteiger partial charge >= 0.3 is 0 Å². The summed E-state index contributed by atoms with van der Waals surface area (Å²) >= 11 is 1.50. The summed E-state index contributed by atoms with van der Waals surface area (Å²) in [5.74, 6) is -0.203. The Bertz CT molecular complexity index is 925. The summed E-state index contributed by atoms with van der Waals surface area (Å²) in [6.45, 7) is 1.49. The summed E-state index contributed by atoms with van der Waals surface area (Å²) in [7, 11) is 0. The molecule has 0 bridgehead atoms. The van der Waals surface area contributed by atoms with E-state index in [4.69, 9.17) is 4.74 Å². The predicted molar refractivity (Wildman–Crippen MR) is 111 cm³/mol. The molecule has 2 aliphatic rings. The fourth-order valence-electron chi connectivity index (χ4n) is 3.41. The van der Waals surface area contributed by atoms with Crippen molar-refractivity contribution in [3.8, 4) is 0 Å². The van der Waals surface area contributed by atoms with Crippen molar-refractivity contribution in [2.24, 2.45) is 15.9 Å². The number of ether oxygens (including phenoxy) is 1. The number of aryl methyl sites for hydroxylation is 1. The molecule has 0 radical (unpaired) electrons. The predicted octanol–water partition coefficient (Wildman–Crippen LogP) is 2.52. The first kappa shape index (κ1) is 19.6. The number of rotatable bonds is 7. The molecule has 1 fully saturated rings. The number of amidine groups is 1. The van der Waals surface area contributed by atoms with Crippen molar-refractivity contribution in [2.75, 3.05) is 19.8 Å². The van der Waals surface area contributed by atoms with E-state index in [1.807, 2.05) is 35.7 Å². The molecule has 1 saturated heterocycles. The summed E-state index contributed by atoms with van der Waals surface area (Å²) in [4.78, 5) is 40.0. The summed E-state index contributed by atoms with van der Waals surface area (Å²) in [5, 5.41) is 2.73. The van der Waals surface area contributed by atoms with E-state index >= 15 is 0 Å². The number of nitrogens with zero attached hydrogens (tertiary/aromatic N) is 4. The number of benzene rings is 1. The van der Waals surface area contributed by atoms with Crippen molar-refractivity contribution in [3.05, 3.63) is 52.5 Å². The van der Waals surface area contributed by atoms with Crippen molar-refractivity contribution in [1.82, 2.24) is 9.88 Å². The van der Waals surface area contributed by atoms with E-state index in [1.165, 1.54) is 11.3 Å². The normalized spacial score (nSPS) is 18.6. The van der Waals surface area contributed by atoms with E-state index in [2.05, 4.69) is 15.0 Å². The average Bonchev–Trinajstić information content (AvgIpc) is 3.25. The zero-order valence-electron chi connectivity index (χ0n) is 16.0. The van der Waals surface area contributed by atoms with Gasteiger partial charge in [-0.25, -0.2) is 9.98 Å².